The lowest BCUT2D eigenvalue weighted by Gasteiger charge is -1.97. The van der Waals surface area contributed by atoms with Gasteiger partial charge in [0.15, 0.2) is 0 Å². The quantitative estimate of drug-likeness (QED) is 0.481. The fraction of sp³-hybridized carbons (Fsp3) is 0.250. The molecular formula is C4H3Cl3OS. The fourth-order valence-corrected chi connectivity index (χ4v) is 0.630. The van der Waals surface area contributed by atoms with Crippen LogP contribution in [0.25, 0.3) is 0 Å². The first kappa shape index (κ1) is 9.50. The summed E-state index contributed by atoms with van der Waals surface area (Å²) in [6.07, 6.45) is 0. The maximum absolute atomic E-state index is 5.42. The van der Waals surface area contributed by atoms with E-state index in [2.05, 4.69) is 17.0 Å². The average molecular weight is 205 g/mol. The van der Waals surface area contributed by atoms with Gasteiger partial charge in [-0.15, -0.1) is 0 Å². The Morgan fingerprint density at radius 2 is 1.78 bits per heavy atom. The Hall–Kier alpha value is 0.500. The highest BCUT2D eigenvalue weighted by molar-refractivity contribution is 7.80. The molecule has 0 rings (SSSR count). The third-order valence-corrected chi connectivity index (χ3v) is 1.95. The van der Waals surface area contributed by atoms with Gasteiger partial charge < -0.3 is 4.74 Å². The van der Waals surface area contributed by atoms with Crippen molar-refractivity contribution in [2.24, 2.45) is 0 Å². The van der Waals surface area contributed by atoms with E-state index in [1.54, 1.807) is 0 Å². The van der Waals surface area contributed by atoms with E-state index in [-0.39, 0.29) is 14.6 Å². The zero-order valence-electron chi connectivity index (χ0n) is 4.45. The number of hydrogen-bond donors (Lipinski definition) is 0. The number of methoxy groups -OCH3 is 1. The summed E-state index contributed by atoms with van der Waals surface area (Å²) in [5.74, 6) is 0. The van der Waals surface area contributed by atoms with E-state index in [4.69, 9.17) is 34.8 Å². The molecule has 0 fully saturated rings. The molecule has 0 N–H and O–H groups in total. The molecule has 0 saturated heterocycles. The summed E-state index contributed by atoms with van der Waals surface area (Å²) in [5.41, 5.74) is 0. The Morgan fingerprint density at radius 3 is 1.89 bits per heavy atom. The number of ether oxygens (including phenoxy) is 1. The van der Waals surface area contributed by atoms with E-state index in [0.29, 0.717) is 0 Å². The maximum Gasteiger partial charge on any atom is 0.205 e. The highest BCUT2D eigenvalue weighted by Crippen LogP contribution is 2.19. The molecule has 0 aromatic carbocycles. The molecule has 9 heavy (non-hydrogen) atoms. The van der Waals surface area contributed by atoms with Crippen molar-refractivity contribution in [2.75, 3.05) is 7.11 Å². The van der Waals surface area contributed by atoms with Gasteiger partial charge in [-0.3, -0.25) is 0 Å². The molecule has 0 atom stereocenters. The van der Waals surface area contributed by atoms with Crippen molar-refractivity contribution in [3.05, 3.63) is 9.52 Å². The summed E-state index contributed by atoms with van der Waals surface area (Å²) < 4.78 is 4.47. The van der Waals surface area contributed by atoms with Gasteiger partial charge >= 0.3 is 0 Å². The van der Waals surface area contributed by atoms with Crippen LogP contribution in [0.15, 0.2) is 9.52 Å². The summed E-state index contributed by atoms with van der Waals surface area (Å²) in [4.78, 5) is 0. The minimum atomic E-state index is -0.0801. The lowest BCUT2D eigenvalue weighted by molar-refractivity contribution is 0.417. The maximum atomic E-state index is 5.42. The standard InChI is InChI=1S/C4H3Cl3OS/c1-8-4(9)2(5)3(6)7/h1H3. The van der Waals surface area contributed by atoms with Crippen molar-refractivity contribution >= 4 is 52.1 Å². The average Bonchev–Trinajstić information content (AvgIpc) is 1.84. The van der Waals surface area contributed by atoms with Gasteiger partial charge in [0.2, 0.25) is 5.05 Å². The molecule has 0 spiro atoms. The van der Waals surface area contributed by atoms with E-state index in [9.17, 15) is 0 Å². The first-order valence-corrected chi connectivity index (χ1v) is 3.43. The predicted octanol–water partition coefficient (Wildman–Crippen LogP) is 2.85. The van der Waals surface area contributed by atoms with Crippen LogP contribution in [0, 0.1) is 0 Å². The van der Waals surface area contributed by atoms with E-state index < -0.39 is 0 Å². The Balaban J connectivity index is 4.21. The Kier molecular flexibility index (Phi) is 4.58. The molecule has 0 aromatic heterocycles. The first-order valence-electron chi connectivity index (χ1n) is 1.88. The molecule has 0 aliphatic heterocycles. The minimum absolute atomic E-state index is 0.0656. The topological polar surface area (TPSA) is 9.23 Å². The third-order valence-electron chi connectivity index (χ3n) is 0.531. The van der Waals surface area contributed by atoms with E-state index in [0.717, 1.165) is 0 Å². The molecule has 0 saturated carbocycles. The zero-order chi connectivity index (χ0) is 7.44. The van der Waals surface area contributed by atoms with Crippen LogP contribution in [0.3, 0.4) is 0 Å². The molecule has 52 valence electrons. The van der Waals surface area contributed by atoms with Crippen LogP contribution >= 0.6 is 47.0 Å². The predicted molar refractivity (Wildman–Crippen MR) is 44.2 cm³/mol. The second-order valence-corrected chi connectivity index (χ2v) is 2.76. The van der Waals surface area contributed by atoms with Crippen LogP contribution in [0.5, 0.6) is 0 Å². The molecule has 0 aromatic rings. The van der Waals surface area contributed by atoms with Crippen LogP contribution < -0.4 is 0 Å². The minimum Gasteiger partial charge on any atom is -0.486 e. The van der Waals surface area contributed by atoms with Gasteiger partial charge in [-0.2, -0.15) is 0 Å². The van der Waals surface area contributed by atoms with E-state index in [1.165, 1.54) is 7.11 Å². The molecule has 0 amide bonds. The lowest BCUT2D eigenvalue weighted by Crippen LogP contribution is -1.96. The van der Waals surface area contributed by atoms with Crippen LogP contribution in [0.1, 0.15) is 0 Å². The monoisotopic (exact) mass is 204 g/mol. The smallest absolute Gasteiger partial charge is 0.205 e. The summed E-state index contributed by atoms with van der Waals surface area (Å²) in [6, 6.07) is 0. The van der Waals surface area contributed by atoms with Gasteiger partial charge in [-0.05, 0) is 12.2 Å². The molecule has 0 heterocycles. The highest BCUT2D eigenvalue weighted by Gasteiger charge is 2.04. The number of hydrogen-bond acceptors (Lipinski definition) is 2. The van der Waals surface area contributed by atoms with E-state index >= 15 is 0 Å². The number of thiocarbonyl (C=S) groups is 1. The van der Waals surface area contributed by atoms with Gasteiger partial charge in [0.25, 0.3) is 0 Å². The highest BCUT2D eigenvalue weighted by atomic mass is 35.5. The molecule has 5 heteroatoms. The molecule has 0 aliphatic carbocycles. The Labute approximate surface area is 73.5 Å². The van der Waals surface area contributed by atoms with Gasteiger partial charge in [0.1, 0.15) is 9.52 Å². The number of rotatable bonds is 1. The summed E-state index contributed by atoms with van der Waals surface area (Å²) in [7, 11) is 1.39. The largest absolute Gasteiger partial charge is 0.486 e. The van der Waals surface area contributed by atoms with Crippen molar-refractivity contribution in [3.8, 4) is 0 Å². The van der Waals surface area contributed by atoms with Gasteiger partial charge in [-0.25, -0.2) is 0 Å². The molecule has 0 unspecified atom stereocenters. The lowest BCUT2D eigenvalue weighted by atomic mass is 10.7. The zero-order valence-corrected chi connectivity index (χ0v) is 7.53. The molecule has 0 aliphatic rings. The van der Waals surface area contributed by atoms with Crippen molar-refractivity contribution in [2.45, 2.75) is 0 Å². The second-order valence-electron chi connectivity index (χ2n) is 1.07. The van der Waals surface area contributed by atoms with Gasteiger partial charge in [-0.1, -0.05) is 34.8 Å². The fourth-order valence-electron chi connectivity index (χ4n) is 0.167. The van der Waals surface area contributed by atoms with Crippen molar-refractivity contribution in [3.63, 3.8) is 0 Å². The second kappa shape index (κ2) is 4.34. The Bertz CT molecular complexity index is 150. The van der Waals surface area contributed by atoms with E-state index in [1.807, 2.05) is 0 Å². The van der Waals surface area contributed by atoms with Crippen LogP contribution in [-0.2, 0) is 4.74 Å². The van der Waals surface area contributed by atoms with Crippen LogP contribution in [0.2, 0.25) is 0 Å². The molecule has 0 bridgehead atoms. The van der Waals surface area contributed by atoms with Crippen molar-refractivity contribution in [1.82, 2.24) is 0 Å². The van der Waals surface area contributed by atoms with Gasteiger partial charge in [0, 0.05) is 0 Å². The van der Waals surface area contributed by atoms with Gasteiger partial charge in [0.05, 0.1) is 7.11 Å². The SMILES string of the molecule is COC(=S)C(Cl)=C(Cl)Cl. The number of halogens is 3. The molecular weight excluding hydrogens is 202 g/mol. The third kappa shape index (κ3) is 3.26. The normalized spacial score (nSPS) is 8.44. The summed E-state index contributed by atoms with van der Waals surface area (Å²) in [5, 5.41) is 0.160. The summed E-state index contributed by atoms with van der Waals surface area (Å²) >= 11 is 20.5. The molecule has 1 nitrogen and oxygen atoms in total. The van der Waals surface area contributed by atoms with Crippen LogP contribution in [-0.4, -0.2) is 12.2 Å². The first-order chi connectivity index (χ1) is 4.09. The van der Waals surface area contributed by atoms with Crippen LogP contribution in [0.4, 0.5) is 0 Å². The van der Waals surface area contributed by atoms with Crippen molar-refractivity contribution in [1.29, 1.82) is 0 Å². The summed E-state index contributed by atoms with van der Waals surface area (Å²) in [6.45, 7) is 0. The van der Waals surface area contributed by atoms with Crippen molar-refractivity contribution < 1.29 is 4.74 Å². The Morgan fingerprint density at radius 1 is 1.33 bits per heavy atom. The molecule has 0 radical (unpaired) electrons.